The molecule has 0 saturated carbocycles. The third-order valence-corrected chi connectivity index (χ3v) is 4.47. The van der Waals surface area contributed by atoms with Gasteiger partial charge in [-0.2, -0.15) is 13.2 Å². The van der Waals surface area contributed by atoms with Crippen LogP contribution in [0.2, 0.25) is 0 Å². The van der Waals surface area contributed by atoms with Crippen LogP contribution >= 0.6 is 0 Å². The van der Waals surface area contributed by atoms with Crippen molar-refractivity contribution in [1.82, 2.24) is 4.90 Å². The zero-order valence-electron chi connectivity index (χ0n) is 16.4. The van der Waals surface area contributed by atoms with Crippen LogP contribution in [0.15, 0.2) is 65.1 Å². The number of nitrogens with one attached hydrogen (secondary N) is 1. The minimum Gasteiger partial charge on any atom is -0.451 e. The molecule has 0 spiro atoms. The van der Waals surface area contributed by atoms with Gasteiger partial charge in [0.05, 0.1) is 16.8 Å². The molecule has 1 heterocycles. The molecule has 0 aliphatic heterocycles. The number of alkyl halides is 3. The molecule has 5 nitrogen and oxygen atoms in total. The second-order valence-corrected chi connectivity index (χ2v) is 6.55. The fraction of sp³-hybridized carbons (Fsp3) is 0.182. The standard InChI is InChI=1S/C22H18F4N2O3/c1-2-28(13-20(29)27-17-10-6-4-8-15(17)22(24,25)26)21(30)19-12-11-18(31-19)14-7-3-5-9-16(14)23/h3-12H,2,13H2,1H3,(H,27,29). The number of likely N-dealkylation sites (N-methyl/N-ethyl adjacent to an activating group) is 1. The van der Waals surface area contributed by atoms with E-state index in [1.54, 1.807) is 13.0 Å². The van der Waals surface area contributed by atoms with Gasteiger partial charge in [-0.15, -0.1) is 0 Å². The molecule has 31 heavy (non-hydrogen) atoms. The van der Waals surface area contributed by atoms with E-state index in [1.807, 2.05) is 0 Å². The maximum atomic E-state index is 13.9. The van der Waals surface area contributed by atoms with Crippen molar-refractivity contribution >= 4 is 17.5 Å². The number of hydrogen-bond donors (Lipinski definition) is 1. The van der Waals surface area contributed by atoms with Crippen molar-refractivity contribution in [2.75, 3.05) is 18.4 Å². The maximum Gasteiger partial charge on any atom is 0.418 e. The summed E-state index contributed by atoms with van der Waals surface area (Å²) in [6, 6.07) is 13.2. The minimum absolute atomic E-state index is 0.100. The summed E-state index contributed by atoms with van der Waals surface area (Å²) >= 11 is 0. The molecule has 0 atom stereocenters. The number of carbonyl (C=O) groups excluding carboxylic acids is 2. The van der Waals surface area contributed by atoms with Crippen LogP contribution in [0.3, 0.4) is 0 Å². The molecule has 9 heteroatoms. The molecule has 0 radical (unpaired) electrons. The molecule has 2 amide bonds. The van der Waals surface area contributed by atoms with Gasteiger partial charge in [0.1, 0.15) is 18.1 Å². The summed E-state index contributed by atoms with van der Waals surface area (Å²) in [4.78, 5) is 26.1. The van der Waals surface area contributed by atoms with Crippen LogP contribution < -0.4 is 5.32 Å². The first-order valence-corrected chi connectivity index (χ1v) is 9.30. The lowest BCUT2D eigenvalue weighted by Crippen LogP contribution is -2.38. The zero-order valence-corrected chi connectivity index (χ0v) is 16.4. The fourth-order valence-electron chi connectivity index (χ4n) is 2.94. The van der Waals surface area contributed by atoms with E-state index in [2.05, 4.69) is 5.32 Å². The van der Waals surface area contributed by atoms with Crippen molar-refractivity contribution in [1.29, 1.82) is 0 Å². The predicted octanol–water partition coefficient (Wildman–Crippen LogP) is 5.21. The second-order valence-electron chi connectivity index (χ2n) is 6.55. The Bertz CT molecular complexity index is 1090. The molecule has 0 fully saturated rings. The van der Waals surface area contributed by atoms with E-state index in [0.29, 0.717) is 0 Å². The third kappa shape index (κ3) is 5.11. The third-order valence-electron chi connectivity index (χ3n) is 4.47. The molecule has 2 aromatic carbocycles. The van der Waals surface area contributed by atoms with Crippen molar-refractivity contribution in [2.45, 2.75) is 13.1 Å². The lowest BCUT2D eigenvalue weighted by Gasteiger charge is -2.20. The van der Waals surface area contributed by atoms with Gasteiger partial charge in [-0.25, -0.2) is 4.39 Å². The van der Waals surface area contributed by atoms with Gasteiger partial charge in [-0.3, -0.25) is 9.59 Å². The fourth-order valence-corrected chi connectivity index (χ4v) is 2.94. The number of halogens is 4. The van der Waals surface area contributed by atoms with E-state index in [1.165, 1.54) is 42.5 Å². The van der Waals surface area contributed by atoms with Gasteiger partial charge in [0.25, 0.3) is 5.91 Å². The molecule has 0 saturated heterocycles. The topological polar surface area (TPSA) is 62.6 Å². The molecule has 3 aromatic rings. The van der Waals surface area contributed by atoms with Crippen molar-refractivity contribution in [3.05, 3.63) is 77.8 Å². The van der Waals surface area contributed by atoms with Crippen LogP contribution in [0.1, 0.15) is 23.0 Å². The number of hydrogen-bond acceptors (Lipinski definition) is 3. The highest BCUT2D eigenvalue weighted by Gasteiger charge is 2.33. The Kier molecular flexibility index (Phi) is 6.43. The Morgan fingerprint density at radius 3 is 2.35 bits per heavy atom. The summed E-state index contributed by atoms with van der Waals surface area (Å²) in [5, 5.41) is 2.19. The molecular weight excluding hydrogens is 416 g/mol. The summed E-state index contributed by atoms with van der Waals surface area (Å²) in [5.74, 6) is -1.95. The molecule has 3 rings (SSSR count). The number of benzene rings is 2. The van der Waals surface area contributed by atoms with Gasteiger partial charge in [-0.1, -0.05) is 24.3 Å². The average molecular weight is 434 g/mol. The molecule has 0 aliphatic rings. The summed E-state index contributed by atoms with van der Waals surface area (Å²) in [7, 11) is 0. The lowest BCUT2D eigenvalue weighted by atomic mass is 10.1. The van der Waals surface area contributed by atoms with E-state index >= 15 is 0 Å². The molecule has 0 unspecified atom stereocenters. The van der Waals surface area contributed by atoms with Crippen LogP contribution in [0, 0.1) is 5.82 Å². The number of nitrogens with zero attached hydrogens (tertiary/aromatic N) is 1. The molecule has 0 aliphatic carbocycles. The van der Waals surface area contributed by atoms with E-state index in [4.69, 9.17) is 4.42 Å². The molecule has 1 aromatic heterocycles. The number of furan rings is 1. The first kappa shape index (κ1) is 22.1. The Labute approximate surface area is 175 Å². The Morgan fingerprint density at radius 2 is 1.68 bits per heavy atom. The summed E-state index contributed by atoms with van der Waals surface area (Å²) in [5.41, 5.74) is -1.22. The monoisotopic (exact) mass is 434 g/mol. The maximum absolute atomic E-state index is 13.9. The smallest absolute Gasteiger partial charge is 0.418 e. The average Bonchev–Trinajstić information content (AvgIpc) is 3.21. The minimum atomic E-state index is -4.64. The molecule has 1 N–H and O–H groups in total. The summed E-state index contributed by atoms with van der Waals surface area (Å²) in [6.45, 7) is 1.22. The van der Waals surface area contributed by atoms with E-state index < -0.39 is 41.6 Å². The second kappa shape index (κ2) is 9.03. The van der Waals surface area contributed by atoms with Gasteiger partial charge < -0.3 is 14.6 Å². The number of para-hydroxylation sites is 1. The van der Waals surface area contributed by atoms with Gasteiger partial charge >= 0.3 is 6.18 Å². The van der Waals surface area contributed by atoms with E-state index in [9.17, 15) is 27.2 Å². The van der Waals surface area contributed by atoms with Crippen LogP contribution in [0.25, 0.3) is 11.3 Å². The predicted molar refractivity (Wildman–Crippen MR) is 106 cm³/mol. The number of anilines is 1. The van der Waals surface area contributed by atoms with Gasteiger partial charge in [0, 0.05) is 6.54 Å². The largest absolute Gasteiger partial charge is 0.451 e. The van der Waals surface area contributed by atoms with E-state index in [-0.39, 0.29) is 23.6 Å². The highest BCUT2D eigenvalue weighted by molar-refractivity contribution is 5.98. The van der Waals surface area contributed by atoms with Gasteiger partial charge in [0.15, 0.2) is 5.76 Å². The summed E-state index contributed by atoms with van der Waals surface area (Å²) in [6.07, 6.45) is -4.64. The highest BCUT2D eigenvalue weighted by Crippen LogP contribution is 2.34. The van der Waals surface area contributed by atoms with E-state index in [0.717, 1.165) is 17.0 Å². The zero-order chi connectivity index (χ0) is 22.6. The normalized spacial score (nSPS) is 11.3. The Balaban J connectivity index is 1.73. The van der Waals surface area contributed by atoms with Crippen molar-refractivity contribution in [2.24, 2.45) is 0 Å². The van der Waals surface area contributed by atoms with Crippen molar-refractivity contribution in [3.63, 3.8) is 0 Å². The van der Waals surface area contributed by atoms with Crippen molar-refractivity contribution < 1.29 is 31.6 Å². The Morgan fingerprint density at radius 1 is 1.00 bits per heavy atom. The van der Waals surface area contributed by atoms with Crippen LogP contribution in [0.4, 0.5) is 23.2 Å². The highest BCUT2D eigenvalue weighted by atomic mass is 19.4. The first-order valence-electron chi connectivity index (χ1n) is 9.30. The van der Waals surface area contributed by atoms with Crippen molar-refractivity contribution in [3.8, 4) is 11.3 Å². The molecular formula is C22H18F4N2O3. The molecule has 162 valence electrons. The number of carbonyl (C=O) groups is 2. The SMILES string of the molecule is CCN(CC(=O)Nc1ccccc1C(F)(F)F)C(=O)c1ccc(-c2ccccc2F)o1. The lowest BCUT2D eigenvalue weighted by molar-refractivity contribution is -0.137. The summed E-state index contributed by atoms with van der Waals surface area (Å²) < 4.78 is 58.6. The van der Waals surface area contributed by atoms with Crippen LogP contribution in [-0.4, -0.2) is 29.8 Å². The Hall–Kier alpha value is -3.62. The molecule has 0 bridgehead atoms. The first-order chi connectivity index (χ1) is 14.7. The van der Waals surface area contributed by atoms with Gasteiger partial charge in [0.2, 0.25) is 5.91 Å². The number of rotatable bonds is 6. The van der Waals surface area contributed by atoms with Crippen LogP contribution in [-0.2, 0) is 11.0 Å². The number of amides is 2. The van der Waals surface area contributed by atoms with Crippen LogP contribution in [0.5, 0.6) is 0 Å². The quantitative estimate of drug-likeness (QED) is 0.542. The van der Waals surface area contributed by atoms with Gasteiger partial charge in [-0.05, 0) is 43.3 Å².